The largest absolute Gasteiger partial charge is 0.456 e. The number of ether oxygens (including phenoxy) is 1. The zero-order valence-corrected chi connectivity index (χ0v) is 15.9. The second kappa shape index (κ2) is 7.70. The Bertz CT molecular complexity index is 1120. The number of hydrogen-bond donors (Lipinski definition) is 1. The van der Waals surface area contributed by atoms with Crippen molar-refractivity contribution in [3.05, 3.63) is 82.9 Å². The Morgan fingerprint density at radius 1 is 1.04 bits per heavy atom. The van der Waals surface area contributed by atoms with Crippen molar-refractivity contribution in [3.63, 3.8) is 0 Å². The molecule has 0 saturated heterocycles. The minimum atomic E-state index is -3.72. The molecule has 0 saturated carbocycles. The molecule has 0 spiro atoms. The molecule has 0 aromatic heterocycles. The molecule has 136 valence electrons. The molecule has 1 N–H and O–H groups in total. The molecule has 7 heteroatoms. The quantitative estimate of drug-likeness (QED) is 0.647. The van der Waals surface area contributed by atoms with Crippen molar-refractivity contribution >= 4 is 27.3 Å². The monoisotopic (exact) mass is 398 g/mol. The first-order chi connectivity index (χ1) is 12.9. The molecule has 3 aromatic carbocycles. The van der Waals surface area contributed by atoms with E-state index in [9.17, 15) is 13.7 Å². The van der Waals surface area contributed by atoms with Crippen LogP contribution in [0.15, 0.2) is 71.6 Å². The van der Waals surface area contributed by atoms with E-state index < -0.39 is 10.0 Å². The molecule has 5 nitrogen and oxygen atoms in total. The lowest BCUT2D eigenvalue weighted by atomic mass is 10.2. The van der Waals surface area contributed by atoms with Crippen LogP contribution >= 0.6 is 11.6 Å². The van der Waals surface area contributed by atoms with E-state index in [2.05, 4.69) is 4.72 Å². The lowest BCUT2D eigenvalue weighted by molar-refractivity contribution is 0.480. The van der Waals surface area contributed by atoms with Crippen LogP contribution in [-0.2, 0) is 10.0 Å². The van der Waals surface area contributed by atoms with Crippen LogP contribution in [0.1, 0.15) is 11.1 Å². The fourth-order valence-corrected chi connectivity index (χ4v) is 3.69. The molecular weight excluding hydrogens is 384 g/mol. The molecule has 3 aromatic rings. The zero-order valence-electron chi connectivity index (χ0n) is 14.3. The number of nitriles is 1. The van der Waals surface area contributed by atoms with Gasteiger partial charge in [0.25, 0.3) is 10.0 Å². The maximum Gasteiger partial charge on any atom is 0.261 e. The van der Waals surface area contributed by atoms with E-state index in [-0.39, 0.29) is 15.5 Å². The highest BCUT2D eigenvalue weighted by atomic mass is 35.5. The third-order valence-corrected chi connectivity index (χ3v) is 5.43. The van der Waals surface area contributed by atoms with E-state index in [4.69, 9.17) is 16.3 Å². The summed E-state index contributed by atoms with van der Waals surface area (Å²) in [5.74, 6) is 0.696. The van der Waals surface area contributed by atoms with Gasteiger partial charge in [-0.15, -0.1) is 0 Å². The van der Waals surface area contributed by atoms with Gasteiger partial charge < -0.3 is 4.74 Å². The average Bonchev–Trinajstić information content (AvgIpc) is 2.62. The number of aryl methyl sites for hydroxylation is 1. The van der Waals surface area contributed by atoms with Gasteiger partial charge in [0.1, 0.15) is 23.1 Å². The van der Waals surface area contributed by atoms with Gasteiger partial charge in [-0.2, -0.15) is 5.26 Å². The lowest BCUT2D eigenvalue weighted by Crippen LogP contribution is -2.12. The summed E-state index contributed by atoms with van der Waals surface area (Å²) in [6.07, 6.45) is 0. The minimum absolute atomic E-state index is 0.1000. The van der Waals surface area contributed by atoms with Crippen LogP contribution in [-0.4, -0.2) is 8.42 Å². The van der Waals surface area contributed by atoms with Gasteiger partial charge in [0, 0.05) is 5.69 Å². The molecule has 0 atom stereocenters. The number of nitrogens with zero attached hydrogens (tertiary/aromatic N) is 1. The summed E-state index contributed by atoms with van der Waals surface area (Å²) in [5.41, 5.74) is 1.67. The van der Waals surface area contributed by atoms with E-state index in [1.54, 1.807) is 36.4 Å². The molecule has 0 amide bonds. The molecule has 0 unspecified atom stereocenters. The number of halogens is 1. The molecule has 0 radical (unpaired) electrons. The van der Waals surface area contributed by atoms with Crippen LogP contribution < -0.4 is 9.46 Å². The second-order valence-corrected chi connectivity index (χ2v) is 7.86. The standard InChI is InChI=1S/C20H15ClN2O3S/c1-14-4-2-5-15(12-14)23-27(24,25)17-10-8-16(9-11-17)26-20-7-3-6-19(21)18(20)13-22/h2-12,23H,1H3. The number of hydrogen-bond acceptors (Lipinski definition) is 4. The number of rotatable bonds is 5. The van der Waals surface area contributed by atoms with Gasteiger partial charge in [-0.25, -0.2) is 8.42 Å². The molecule has 0 bridgehead atoms. The van der Waals surface area contributed by atoms with Crippen molar-refractivity contribution in [1.82, 2.24) is 0 Å². The number of sulfonamides is 1. The molecule has 0 aliphatic heterocycles. The van der Waals surface area contributed by atoms with E-state index in [0.717, 1.165) is 5.56 Å². The third-order valence-electron chi connectivity index (χ3n) is 3.72. The van der Waals surface area contributed by atoms with Crippen molar-refractivity contribution < 1.29 is 13.2 Å². The highest BCUT2D eigenvalue weighted by Gasteiger charge is 2.15. The third kappa shape index (κ3) is 4.40. The van der Waals surface area contributed by atoms with Crippen LogP contribution in [0.2, 0.25) is 5.02 Å². The number of benzene rings is 3. The van der Waals surface area contributed by atoms with Crippen molar-refractivity contribution in [3.8, 4) is 17.6 Å². The van der Waals surface area contributed by atoms with E-state index >= 15 is 0 Å². The Labute approximate surface area is 162 Å². The highest BCUT2D eigenvalue weighted by Crippen LogP contribution is 2.30. The van der Waals surface area contributed by atoms with Crippen molar-refractivity contribution in [2.45, 2.75) is 11.8 Å². The maximum atomic E-state index is 12.5. The van der Waals surface area contributed by atoms with Crippen LogP contribution in [0.25, 0.3) is 0 Å². The van der Waals surface area contributed by atoms with Crippen LogP contribution in [0, 0.1) is 18.3 Å². The van der Waals surface area contributed by atoms with Crippen molar-refractivity contribution in [2.75, 3.05) is 4.72 Å². The van der Waals surface area contributed by atoms with E-state index in [1.807, 2.05) is 19.1 Å². The highest BCUT2D eigenvalue weighted by molar-refractivity contribution is 7.92. The summed E-state index contributed by atoms with van der Waals surface area (Å²) in [7, 11) is -3.72. The molecule has 0 fully saturated rings. The Morgan fingerprint density at radius 2 is 1.74 bits per heavy atom. The predicted octanol–water partition coefficient (Wildman–Crippen LogP) is 5.11. The molecule has 27 heavy (non-hydrogen) atoms. The normalized spacial score (nSPS) is 10.9. The zero-order chi connectivity index (χ0) is 19.4. The first-order valence-corrected chi connectivity index (χ1v) is 9.81. The topological polar surface area (TPSA) is 79.2 Å². The van der Waals surface area contributed by atoms with Crippen molar-refractivity contribution in [1.29, 1.82) is 5.26 Å². The maximum absolute atomic E-state index is 12.5. The summed E-state index contributed by atoms with van der Waals surface area (Å²) in [5, 5.41) is 9.47. The lowest BCUT2D eigenvalue weighted by Gasteiger charge is -2.11. The number of anilines is 1. The fourth-order valence-electron chi connectivity index (χ4n) is 2.43. The summed E-state index contributed by atoms with van der Waals surface area (Å²) in [6, 6.07) is 19.9. The number of nitrogens with one attached hydrogen (secondary N) is 1. The van der Waals surface area contributed by atoms with Crippen LogP contribution in [0.3, 0.4) is 0 Å². The average molecular weight is 399 g/mol. The Hall–Kier alpha value is -3.01. The van der Waals surface area contributed by atoms with Gasteiger partial charge in [0.05, 0.1) is 9.92 Å². The first kappa shape index (κ1) is 18.8. The van der Waals surface area contributed by atoms with Gasteiger partial charge in [-0.3, -0.25) is 4.72 Å². The van der Waals surface area contributed by atoms with Gasteiger partial charge in [0.15, 0.2) is 0 Å². The molecule has 0 heterocycles. The van der Waals surface area contributed by atoms with Gasteiger partial charge in [-0.1, -0.05) is 29.8 Å². The van der Waals surface area contributed by atoms with E-state index in [1.165, 1.54) is 24.3 Å². The molecule has 0 aliphatic rings. The molecular formula is C20H15ClN2O3S. The van der Waals surface area contributed by atoms with Gasteiger partial charge >= 0.3 is 0 Å². The Balaban J connectivity index is 1.81. The van der Waals surface area contributed by atoms with Gasteiger partial charge in [0.2, 0.25) is 0 Å². The Morgan fingerprint density at radius 3 is 2.41 bits per heavy atom. The van der Waals surface area contributed by atoms with Gasteiger partial charge in [-0.05, 0) is 61.0 Å². The van der Waals surface area contributed by atoms with E-state index in [0.29, 0.717) is 17.2 Å². The molecule has 3 rings (SSSR count). The van der Waals surface area contributed by atoms with Crippen molar-refractivity contribution in [2.24, 2.45) is 0 Å². The Kier molecular flexibility index (Phi) is 5.36. The van der Waals surface area contributed by atoms with Crippen LogP contribution in [0.5, 0.6) is 11.5 Å². The molecule has 0 aliphatic carbocycles. The SMILES string of the molecule is Cc1cccc(NS(=O)(=O)c2ccc(Oc3cccc(Cl)c3C#N)cc2)c1. The first-order valence-electron chi connectivity index (χ1n) is 7.95. The summed E-state index contributed by atoms with van der Waals surface area (Å²) >= 11 is 5.98. The van der Waals surface area contributed by atoms with Crippen LogP contribution in [0.4, 0.5) is 5.69 Å². The summed E-state index contributed by atoms with van der Waals surface area (Å²) in [6.45, 7) is 1.88. The minimum Gasteiger partial charge on any atom is -0.456 e. The summed E-state index contributed by atoms with van der Waals surface area (Å²) < 4.78 is 33.2. The predicted molar refractivity (Wildman–Crippen MR) is 105 cm³/mol. The fraction of sp³-hybridized carbons (Fsp3) is 0.0500. The smallest absolute Gasteiger partial charge is 0.261 e. The summed E-state index contributed by atoms with van der Waals surface area (Å²) in [4.78, 5) is 0.1000. The second-order valence-electron chi connectivity index (χ2n) is 5.77.